The third-order valence-electron chi connectivity index (χ3n) is 5.85. The highest BCUT2D eigenvalue weighted by molar-refractivity contribution is 7.89. The van der Waals surface area contributed by atoms with E-state index in [1.165, 1.54) is 16.6 Å². The molecule has 0 atom stereocenters. The standard InChI is InChI=1S/C23H29F3N2O6S2/c1-3-34-36(31,32)22-6-5-17(2)13-21(22)33-11-4-12-35(29,30)28-9-7-18(8-10-28)19-14-20(16-27-15-19)23(24,25)26/h5-6,13-16,18H,3-4,7-12H2,1-2H3. The summed E-state index contributed by atoms with van der Waals surface area (Å²) in [6.07, 6.45) is -1.41. The maximum absolute atomic E-state index is 13.0. The summed E-state index contributed by atoms with van der Waals surface area (Å²) in [5.41, 5.74) is 0.402. The van der Waals surface area contributed by atoms with E-state index < -0.39 is 31.9 Å². The lowest BCUT2D eigenvalue weighted by Crippen LogP contribution is -2.39. The molecule has 0 aliphatic carbocycles. The molecule has 1 aliphatic heterocycles. The molecule has 0 spiro atoms. The van der Waals surface area contributed by atoms with Crippen molar-refractivity contribution in [2.75, 3.05) is 32.1 Å². The molecule has 13 heteroatoms. The zero-order valence-electron chi connectivity index (χ0n) is 20.0. The Kier molecular flexibility index (Phi) is 9.02. The van der Waals surface area contributed by atoms with Gasteiger partial charge in [-0.05, 0) is 68.4 Å². The Morgan fingerprint density at radius 1 is 1.08 bits per heavy atom. The van der Waals surface area contributed by atoms with Gasteiger partial charge in [-0.1, -0.05) is 6.07 Å². The molecule has 0 amide bonds. The van der Waals surface area contributed by atoms with E-state index in [1.54, 1.807) is 26.0 Å². The fourth-order valence-corrected chi connectivity index (χ4v) is 6.55. The van der Waals surface area contributed by atoms with Gasteiger partial charge in [0.2, 0.25) is 10.0 Å². The lowest BCUT2D eigenvalue weighted by molar-refractivity contribution is -0.137. The monoisotopic (exact) mass is 550 g/mol. The number of hydrogen-bond donors (Lipinski definition) is 0. The third-order valence-corrected chi connectivity index (χ3v) is 9.23. The van der Waals surface area contributed by atoms with Crippen molar-refractivity contribution in [2.45, 2.75) is 50.1 Å². The van der Waals surface area contributed by atoms with Gasteiger partial charge < -0.3 is 4.74 Å². The number of sulfonamides is 1. The molecule has 1 aromatic carbocycles. The lowest BCUT2D eigenvalue weighted by Gasteiger charge is -2.31. The number of ether oxygens (including phenoxy) is 1. The molecule has 200 valence electrons. The van der Waals surface area contributed by atoms with Gasteiger partial charge >= 0.3 is 16.3 Å². The number of halogens is 3. The van der Waals surface area contributed by atoms with Crippen molar-refractivity contribution in [3.05, 3.63) is 53.3 Å². The zero-order valence-corrected chi connectivity index (χ0v) is 21.6. The van der Waals surface area contributed by atoms with Crippen LogP contribution in [-0.4, -0.2) is 58.2 Å². The van der Waals surface area contributed by atoms with Crippen LogP contribution in [0.15, 0.2) is 41.6 Å². The number of aromatic nitrogens is 1. The number of aryl methyl sites for hydroxylation is 1. The zero-order chi connectivity index (χ0) is 26.6. The molecule has 1 saturated heterocycles. The number of rotatable bonds is 10. The van der Waals surface area contributed by atoms with E-state index in [0.717, 1.165) is 17.8 Å². The number of benzene rings is 1. The highest BCUT2D eigenvalue weighted by Gasteiger charge is 2.33. The summed E-state index contributed by atoms with van der Waals surface area (Å²) in [6.45, 7) is 3.65. The molecule has 0 saturated carbocycles. The van der Waals surface area contributed by atoms with Crippen LogP contribution in [-0.2, 0) is 30.5 Å². The molecular formula is C23H29F3N2O6S2. The van der Waals surface area contributed by atoms with Gasteiger partial charge in [0, 0.05) is 25.5 Å². The van der Waals surface area contributed by atoms with E-state index in [9.17, 15) is 30.0 Å². The van der Waals surface area contributed by atoms with E-state index in [2.05, 4.69) is 4.98 Å². The predicted octanol–water partition coefficient (Wildman–Crippen LogP) is 4.11. The minimum absolute atomic E-state index is 0.0241. The Morgan fingerprint density at radius 2 is 1.78 bits per heavy atom. The second-order valence-corrected chi connectivity index (χ2v) is 12.2. The topological polar surface area (TPSA) is 103 Å². The van der Waals surface area contributed by atoms with Crippen molar-refractivity contribution in [3.8, 4) is 5.75 Å². The Morgan fingerprint density at radius 3 is 2.42 bits per heavy atom. The smallest absolute Gasteiger partial charge is 0.417 e. The highest BCUT2D eigenvalue weighted by Crippen LogP contribution is 2.34. The van der Waals surface area contributed by atoms with Crippen LogP contribution in [0.5, 0.6) is 5.75 Å². The number of pyridine rings is 1. The van der Waals surface area contributed by atoms with Crippen molar-refractivity contribution < 1.29 is 38.9 Å². The molecule has 0 N–H and O–H groups in total. The molecule has 1 aliphatic rings. The van der Waals surface area contributed by atoms with Crippen LogP contribution in [0.3, 0.4) is 0 Å². The molecule has 0 bridgehead atoms. The van der Waals surface area contributed by atoms with Gasteiger partial charge in [-0.15, -0.1) is 0 Å². The number of nitrogens with zero attached hydrogens (tertiary/aromatic N) is 2. The Hall–Kier alpha value is -2.22. The first-order valence-corrected chi connectivity index (χ1v) is 14.5. The van der Waals surface area contributed by atoms with E-state index in [-0.39, 0.29) is 55.0 Å². The van der Waals surface area contributed by atoms with Crippen molar-refractivity contribution in [3.63, 3.8) is 0 Å². The van der Waals surface area contributed by atoms with Crippen molar-refractivity contribution in [2.24, 2.45) is 0 Å². The molecule has 36 heavy (non-hydrogen) atoms. The highest BCUT2D eigenvalue weighted by atomic mass is 32.2. The molecule has 3 rings (SSSR count). The first kappa shape index (κ1) is 28.4. The maximum atomic E-state index is 13.0. The van der Waals surface area contributed by atoms with Gasteiger partial charge in [-0.3, -0.25) is 9.17 Å². The molecule has 1 fully saturated rings. The van der Waals surface area contributed by atoms with Crippen LogP contribution in [0.4, 0.5) is 13.2 Å². The van der Waals surface area contributed by atoms with Gasteiger partial charge in [0.15, 0.2) is 0 Å². The van der Waals surface area contributed by atoms with Gasteiger partial charge in [0.1, 0.15) is 10.6 Å². The largest absolute Gasteiger partial charge is 0.492 e. The van der Waals surface area contributed by atoms with Crippen LogP contribution < -0.4 is 4.74 Å². The average molecular weight is 551 g/mol. The quantitative estimate of drug-likeness (QED) is 0.324. The SMILES string of the molecule is CCOS(=O)(=O)c1ccc(C)cc1OCCCS(=O)(=O)N1CCC(c2cncc(C(F)(F)F)c2)CC1. The Labute approximate surface area is 209 Å². The molecule has 0 radical (unpaired) electrons. The molecule has 2 heterocycles. The third kappa shape index (κ3) is 7.17. The first-order chi connectivity index (χ1) is 16.8. The van der Waals surface area contributed by atoms with Gasteiger partial charge in [-0.2, -0.15) is 21.6 Å². The summed E-state index contributed by atoms with van der Waals surface area (Å²) in [4.78, 5) is 3.57. The van der Waals surface area contributed by atoms with E-state index in [4.69, 9.17) is 8.92 Å². The second kappa shape index (κ2) is 11.4. The minimum Gasteiger partial charge on any atom is -0.492 e. The summed E-state index contributed by atoms with van der Waals surface area (Å²) in [5.74, 6) is -0.319. The fraction of sp³-hybridized carbons (Fsp3) is 0.522. The van der Waals surface area contributed by atoms with Crippen LogP contribution in [0.2, 0.25) is 0 Å². The molecular weight excluding hydrogens is 521 g/mol. The van der Waals surface area contributed by atoms with E-state index in [0.29, 0.717) is 18.4 Å². The normalized spacial score (nSPS) is 16.2. The summed E-state index contributed by atoms with van der Waals surface area (Å²) in [6, 6.07) is 5.62. The van der Waals surface area contributed by atoms with Crippen LogP contribution in [0, 0.1) is 6.92 Å². The summed E-state index contributed by atoms with van der Waals surface area (Å²) in [7, 11) is -7.61. The van der Waals surface area contributed by atoms with Crippen LogP contribution in [0.1, 0.15) is 48.8 Å². The van der Waals surface area contributed by atoms with E-state index in [1.807, 2.05) is 0 Å². The summed E-state index contributed by atoms with van der Waals surface area (Å²) >= 11 is 0. The van der Waals surface area contributed by atoms with E-state index >= 15 is 0 Å². The van der Waals surface area contributed by atoms with Crippen molar-refractivity contribution in [1.82, 2.24) is 9.29 Å². The average Bonchev–Trinajstić information content (AvgIpc) is 2.81. The van der Waals surface area contributed by atoms with Crippen LogP contribution in [0.25, 0.3) is 0 Å². The number of hydrogen-bond acceptors (Lipinski definition) is 7. The molecule has 1 aromatic heterocycles. The summed E-state index contributed by atoms with van der Waals surface area (Å²) < 4.78 is 101. The second-order valence-electron chi connectivity index (χ2n) is 8.51. The predicted molar refractivity (Wildman–Crippen MR) is 127 cm³/mol. The molecule has 2 aromatic rings. The molecule has 8 nitrogen and oxygen atoms in total. The minimum atomic E-state index is -4.48. The van der Waals surface area contributed by atoms with Gasteiger partial charge in [-0.25, -0.2) is 12.7 Å². The van der Waals surface area contributed by atoms with Crippen molar-refractivity contribution in [1.29, 1.82) is 0 Å². The van der Waals surface area contributed by atoms with Crippen molar-refractivity contribution >= 4 is 20.1 Å². The fourth-order valence-electron chi connectivity index (χ4n) is 4.01. The van der Waals surface area contributed by atoms with Crippen LogP contribution >= 0.6 is 0 Å². The Balaban J connectivity index is 1.55. The summed E-state index contributed by atoms with van der Waals surface area (Å²) in [5, 5.41) is 0. The molecule has 0 unspecified atom stereocenters. The lowest BCUT2D eigenvalue weighted by atomic mass is 9.90. The van der Waals surface area contributed by atoms with Gasteiger partial charge in [0.25, 0.3) is 0 Å². The van der Waals surface area contributed by atoms with Gasteiger partial charge in [0.05, 0.1) is 24.5 Å². The number of piperidine rings is 1. The Bertz CT molecular complexity index is 1260. The first-order valence-electron chi connectivity index (χ1n) is 11.5. The maximum Gasteiger partial charge on any atom is 0.417 e. The number of alkyl halides is 3.